The Kier molecular flexibility index (Phi) is 4.93. The maximum Gasteiger partial charge on any atom is 0.243 e. The molecule has 4 heterocycles. The molecule has 31 heavy (non-hydrogen) atoms. The van der Waals surface area contributed by atoms with Crippen molar-refractivity contribution in [2.24, 2.45) is 0 Å². The third-order valence-electron chi connectivity index (χ3n) is 5.67. The Morgan fingerprint density at radius 1 is 1.23 bits per heavy atom. The van der Waals surface area contributed by atoms with E-state index in [1.165, 1.54) is 0 Å². The Labute approximate surface area is 180 Å². The number of nitrogens with one attached hydrogen (secondary N) is 1. The van der Waals surface area contributed by atoms with Crippen LogP contribution in [0.25, 0.3) is 5.95 Å². The lowest BCUT2D eigenvalue weighted by atomic mass is 10.1. The number of carbonyl (C=O) groups is 1. The second kappa shape index (κ2) is 7.90. The van der Waals surface area contributed by atoms with Crippen LogP contribution in [0.4, 0.5) is 5.82 Å². The molecule has 5 rings (SSSR count). The van der Waals surface area contributed by atoms with E-state index in [0.29, 0.717) is 11.7 Å². The van der Waals surface area contributed by atoms with Gasteiger partial charge in [0.1, 0.15) is 18.2 Å². The van der Waals surface area contributed by atoms with Crippen LogP contribution in [0.1, 0.15) is 37.1 Å². The highest BCUT2D eigenvalue weighted by atomic mass is 16.7. The molecule has 9 heteroatoms. The summed E-state index contributed by atoms with van der Waals surface area (Å²) in [5.74, 6) is 2.74. The Morgan fingerprint density at radius 2 is 2.10 bits per heavy atom. The summed E-state index contributed by atoms with van der Waals surface area (Å²) in [7, 11) is 0. The van der Waals surface area contributed by atoms with E-state index >= 15 is 0 Å². The first kappa shape index (κ1) is 19.3. The minimum atomic E-state index is -0.276. The van der Waals surface area contributed by atoms with E-state index in [1.807, 2.05) is 38.1 Å². The van der Waals surface area contributed by atoms with Gasteiger partial charge in [0.25, 0.3) is 0 Å². The number of aryl methyl sites for hydroxylation is 1. The molecule has 9 nitrogen and oxygen atoms in total. The molecule has 2 aromatic heterocycles. The van der Waals surface area contributed by atoms with Crippen LogP contribution >= 0.6 is 0 Å². The predicted molar refractivity (Wildman–Crippen MR) is 113 cm³/mol. The number of anilines is 1. The van der Waals surface area contributed by atoms with E-state index < -0.39 is 0 Å². The fourth-order valence-corrected chi connectivity index (χ4v) is 4.07. The third kappa shape index (κ3) is 3.78. The predicted octanol–water partition coefficient (Wildman–Crippen LogP) is 2.55. The summed E-state index contributed by atoms with van der Waals surface area (Å²) in [6, 6.07) is 7.25. The Bertz CT molecular complexity index is 1100. The van der Waals surface area contributed by atoms with Crippen molar-refractivity contribution >= 4 is 11.7 Å². The molecule has 0 spiro atoms. The standard InChI is InChI=1S/C22H24N6O3/c1-14-10-20(26-22(24-14)27-9-7-23-12-27)28-8-3-4-17(28)21(29)25-15(2)16-5-6-18-19(11-16)31-13-30-18/h5-7,9-12,15,17H,3-4,8,13H2,1-2H3,(H,25,29). The van der Waals surface area contributed by atoms with Gasteiger partial charge in [-0.05, 0) is 44.4 Å². The van der Waals surface area contributed by atoms with Crippen molar-refractivity contribution in [2.45, 2.75) is 38.8 Å². The largest absolute Gasteiger partial charge is 0.454 e. The van der Waals surface area contributed by atoms with Crippen LogP contribution < -0.4 is 19.7 Å². The van der Waals surface area contributed by atoms with Crippen LogP contribution in [0.15, 0.2) is 43.0 Å². The molecule has 0 saturated carbocycles. The summed E-state index contributed by atoms with van der Waals surface area (Å²) in [6.07, 6.45) is 6.87. The number of ether oxygens (including phenoxy) is 2. The van der Waals surface area contributed by atoms with E-state index in [0.717, 1.165) is 42.2 Å². The van der Waals surface area contributed by atoms with Gasteiger partial charge in [0.05, 0.1) is 6.04 Å². The van der Waals surface area contributed by atoms with Crippen LogP contribution in [-0.2, 0) is 4.79 Å². The summed E-state index contributed by atoms with van der Waals surface area (Å²) >= 11 is 0. The SMILES string of the molecule is Cc1cc(N2CCCC2C(=O)NC(C)c2ccc3c(c2)OCO3)nc(-n2ccnc2)n1. The first-order valence-electron chi connectivity index (χ1n) is 10.4. The zero-order valence-corrected chi connectivity index (χ0v) is 17.5. The van der Waals surface area contributed by atoms with Gasteiger partial charge in [-0.15, -0.1) is 0 Å². The van der Waals surface area contributed by atoms with Crippen molar-refractivity contribution in [2.75, 3.05) is 18.2 Å². The molecule has 1 aromatic carbocycles. The third-order valence-corrected chi connectivity index (χ3v) is 5.67. The number of hydrogen-bond donors (Lipinski definition) is 1. The molecule has 2 aliphatic heterocycles. The van der Waals surface area contributed by atoms with E-state index in [1.54, 1.807) is 23.3 Å². The molecule has 1 saturated heterocycles. The van der Waals surface area contributed by atoms with Crippen molar-refractivity contribution in [1.82, 2.24) is 24.8 Å². The Morgan fingerprint density at radius 3 is 2.94 bits per heavy atom. The lowest BCUT2D eigenvalue weighted by molar-refractivity contribution is -0.122. The number of rotatable bonds is 5. The molecule has 0 aliphatic carbocycles. The second-order valence-corrected chi connectivity index (χ2v) is 7.83. The number of carbonyl (C=O) groups excluding carboxylic acids is 1. The zero-order chi connectivity index (χ0) is 21.4. The molecule has 1 N–H and O–H groups in total. The van der Waals surface area contributed by atoms with Crippen LogP contribution in [0.5, 0.6) is 11.5 Å². The van der Waals surface area contributed by atoms with E-state index in [-0.39, 0.29) is 24.8 Å². The fraction of sp³-hybridized carbons (Fsp3) is 0.364. The summed E-state index contributed by atoms with van der Waals surface area (Å²) in [4.78, 5) is 28.5. The van der Waals surface area contributed by atoms with Crippen molar-refractivity contribution in [3.8, 4) is 17.4 Å². The number of fused-ring (bicyclic) bond motifs is 1. The second-order valence-electron chi connectivity index (χ2n) is 7.83. The lowest BCUT2D eigenvalue weighted by Gasteiger charge is -2.27. The molecule has 2 atom stereocenters. The molecule has 160 valence electrons. The minimum Gasteiger partial charge on any atom is -0.454 e. The number of aromatic nitrogens is 4. The van der Waals surface area contributed by atoms with E-state index in [2.05, 4.69) is 20.2 Å². The summed E-state index contributed by atoms with van der Waals surface area (Å²) in [5, 5.41) is 3.15. The molecular weight excluding hydrogens is 396 g/mol. The minimum absolute atomic E-state index is 0.0110. The molecule has 2 aliphatic rings. The van der Waals surface area contributed by atoms with Crippen LogP contribution in [-0.4, -0.2) is 44.8 Å². The van der Waals surface area contributed by atoms with Gasteiger partial charge >= 0.3 is 0 Å². The zero-order valence-electron chi connectivity index (χ0n) is 17.5. The highest BCUT2D eigenvalue weighted by Gasteiger charge is 2.33. The molecule has 0 bridgehead atoms. The first-order chi connectivity index (χ1) is 15.1. The molecule has 1 amide bonds. The van der Waals surface area contributed by atoms with Crippen molar-refractivity contribution < 1.29 is 14.3 Å². The maximum absolute atomic E-state index is 13.2. The van der Waals surface area contributed by atoms with Gasteiger partial charge in [-0.1, -0.05) is 6.07 Å². The van der Waals surface area contributed by atoms with Crippen LogP contribution in [0, 0.1) is 6.92 Å². The van der Waals surface area contributed by atoms with Crippen molar-refractivity contribution in [3.05, 3.63) is 54.2 Å². The van der Waals surface area contributed by atoms with Gasteiger partial charge in [-0.2, -0.15) is 4.98 Å². The Balaban J connectivity index is 1.34. The average molecular weight is 420 g/mol. The lowest BCUT2D eigenvalue weighted by Crippen LogP contribution is -2.44. The number of benzene rings is 1. The van der Waals surface area contributed by atoms with Gasteiger partial charge in [-0.25, -0.2) is 9.97 Å². The first-order valence-corrected chi connectivity index (χ1v) is 10.4. The fourth-order valence-electron chi connectivity index (χ4n) is 4.07. The van der Waals surface area contributed by atoms with Gasteiger partial charge in [0, 0.05) is 30.7 Å². The van der Waals surface area contributed by atoms with Gasteiger partial charge in [-0.3, -0.25) is 9.36 Å². The molecule has 0 radical (unpaired) electrons. The number of imidazole rings is 1. The normalized spacial score (nSPS) is 18.3. The van der Waals surface area contributed by atoms with E-state index in [9.17, 15) is 4.79 Å². The summed E-state index contributed by atoms with van der Waals surface area (Å²) in [5.41, 5.74) is 1.82. The average Bonchev–Trinajstić information content (AvgIpc) is 3.54. The number of hydrogen-bond acceptors (Lipinski definition) is 7. The topological polar surface area (TPSA) is 94.4 Å². The highest BCUT2D eigenvalue weighted by Crippen LogP contribution is 2.34. The van der Waals surface area contributed by atoms with Gasteiger partial charge < -0.3 is 19.7 Å². The quantitative estimate of drug-likeness (QED) is 0.678. The Hall–Kier alpha value is -3.62. The van der Waals surface area contributed by atoms with Gasteiger partial charge in [0.2, 0.25) is 18.6 Å². The summed E-state index contributed by atoms with van der Waals surface area (Å²) in [6.45, 7) is 4.91. The van der Waals surface area contributed by atoms with Crippen LogP contribution in [0.3, 0.4) is 0 Å². The number of amides is 1. The van der Waals surface area contributed by atoms with Crippen molar-refractivity contribution in [1.29, 1.82) is 0 Å². The molecule has 1 fully saturated rings. The van der Waals surface area contributed by atoms with E-state index in [4.69, 9.17) is 14.5 Å². The maximum atomic E-state index is 13.2. The molecule has 2 unspecified atom stereocenters. The highest BCUT2D eigenvalue weighted by molar-refractivity contribution is 5.86. The molecule has 3 aromatic rings. The van der Waals surface area contributed by atoms with Gasteiger partial charge in [0.15, 0.2) is 11.5 Å². The monoisotopic (exact) mass is 420 g/mol. The molecular formula is C22H24N6O3. The van der Waals surface area contributed by atoms with Crippen molar-refractivity contribution in [3.63, 3.8) is 0 Å². The van der Waals surface area contributed by atoms with Crippen LogP contribution in [0.2, 0.25) is 0 Å². The smallest absolute Gasteiger partial charge is 0.243 e. The number of nitrogens with zero attached hydrogens (tertiary/aromatic N) is 5. The summed E-state index contributed by atoms with van der Waals surface area (Å²) < 4.78 is 12.6.